The highest BCUT2D eigenvalue weighted by Crippen LogP contribution is 2.10. The topological polar surface area (TPSA) is 80.9 Å². The normalized spacial score (nSPS) is 10.1. The molecule has 0 aliphatic heterocycles. The van der Waals surface area contributed by atoms with Gasteiger partial charge in [0.15, 0.2) is 5.13 Å². The van der Waals surface area contributed by atoms with E-state index in [4.69, 9.17) is 5.73 Å². The standard InChI is InChI=1S/C11H12N4OS/c12-11-15-9(7-17-11)3-6-14-10(16)8-1-4-13-5-2-8/h1-2,4-5,7H,3,6H2,(H2,12,15)(H,14,16). The van der Waals surface area contributed by atoms with Crippen molar-refractivity contribution in [2.24, 2.45) is 0 Å². The zero-order valence-corrected chi connectivity index (χ0v) is 9.91. The van der Waals surface area contributed by atoms with Gasteiger partial charge in [-0.25, -0.2) is 4.98 Å². The van der Waals surface area contributed by atoms with E-state index >= 15 is 0 Å². The van der Waals surface area contributed by atoms with Gasteiger partial charge >= 0.3 is 0 Å². The number of carbonyl (C=O) groups is 1. The molecular formula is C11H12N4OS. The highest BCUT2D eigenvalue weighted by Gasteiger charge is 2.04. The second-order valence-corrected chi connectivity index (χ2v) is 4.31. The third-order valence-electron chi connectivity index (χ3n) is 2.18. The number of aromatic nitrogens is 2. The third kappa shape index (κ3) is 3.25. The Bertz CT molecular complexity index is 497. The van der Waals surface area contributed by atoms with Crippen molar-refractivity contribution in [3.63, 3.8) is 0 Å². The van der Waals surface area contributed by atoms with Gasteiger partial charge in [0.2, 0.25) is 0 Å². The zero-order chi connectivity index (χ0) is 12.1. The number of hydrogen-bond acceptors (Lipinski definition) is 5. The van der Waals surface area contributed by atoms with E-state index in [1.165, 1.54) is 11.3 Å². The molecule has 1 amide bonds. The van der Waals surface area contributed by atoms with Crippen LogP contribution < -0.4 is 11.1 Å². The van der Waals surface area contributed by atoms with E-state index < -0.39 is 0 Å². The summed E-state index contributed by atoms with van der Waals surface area (Å²) in [6, 6.07) is 3.35. The number of nitrogens with two attached hydrogens (primary N) is 1. The fourth-order valence-corrected chi connectivity index (χ4v) is 1.94. The summed E-state index contributed by atoms with van der Waals surface area (Å²) in [5, 5.41) is 5.27. The van der Waals surface area contributed by atoms with Crippen LogP contribution in [0.15, 0.2) is 29.9 Å². The molecule has 0 bridgehead atoms. The van der Waals surface area contributed by atoms with E-state index in [1.807, 2.05) is 5.38 Å². The molecule has 2 heterocycles. The van der Waals surface area contributed by atoms with Crippen LogP contribution in [0.2, 0.25) is 0 Å². The molecule has 0 aromatic carbocycles. The summed E-state index contributed by atoms with van der Waals surface area (Å²) in [6.07, 6.45) is 3.87. The first-order chi connectivity index (χ1) is 8.25. The lowest BCUT2D eigenvalue weighted by Gasteiger charge is -2.03. The van der Waals surface area contributed by atoms with Gasteiger partial charge in [-0.1, -0.05) is 0 Å². The molecule has 2 aromatic heterocycles. The molecule has 0 fully saturated rings. The Morgan fingerprint density at radius 3 is 2.82 bits per heavy atom. The van der Waals surface area contributed by atoms with E-state index in [0.717, 1.165) is 5.69 Å². The summed E-state index contributed by atoms with van der Waals surface area (Å²) < 4.78 is 0. The van der Waals surface area contributed by atoms with Gasteiger partial charge in [0, 0.05) is 36.3 Å². The molecule has 0 unspecified atom stereocenters. The molecule has 0 aliphatic rings. The fourth-order valence-electron chi connectivity index (χ4n) is 1.35. The van der Waals surface area contributed by atoms with Crippen LogP contribution in [0.4, 0.5) is 5.13 Å². The maximum atomic E-state index is 11.7. The maximum Gasteiger partial charge on any atom is 0.251 e. The lowest BCUT2D eigenvalue weighted by Crippen LogP contribution is -2.25. The first kappa shape index (κ1) is 11.5. The Hall–Kier alpha value is -1.95. The summed E-state index contributed by atoms with van der Waals surface area (Å²) in [5.74, 6) is -0.101. The number of nitrogen functional groups attached to an aromatic ring is 1. The lowest BCUT2D eigenvalue weighted by atomic mass is 10.2. The van der Waals surface area contributed by atoms with Crippen LogP contribution in [0, 0.1) is 0 Å². The van der Waals surface area contributed by atoms with E-state index in [-0.39, 0.29) is 5.91 Å². The van der Waals surface area contributed by atoms with Crippen molar-refractivity contribution in [3.05, 3.63) is 41.2 Å². The monoisotopic (exact) mass is 248 g/mol. The SMILES string of the molecule is Nc1nc(CCNC(=O)c2ccncc2)cs1. The molecule has 3 N–H and O–H groups in total. The number of nitrogens with one attached hydrogen (secondary N) is 1. The molecule has 0 saturated carbocycles. The van der Waals surface area contributed by atoms with Crippen LogP contribution in [0.1, 0.15) is 16.1 Å². The zero-order valence-electron chi connectivity index (χ0n) is 9.09. The minimum absolute atomic E-state index is 0.101. The maximum absolute atomic E-state index is 11.7. The Morgan fingerprint density at radius 1 is 1.41 bits per heavy atom. The molecule has 5 nitrogen and oxygen atoms in total. The largest absolute Gasteiger partial charge is 0.375 e. The Morgan fingerprint density at radius 2 is 2.18 bits per heavy atom. The molecule has 17 heavy (non-hydrogen) atoms. The van der Waals surface area contributed by atoms with E-state index in [2.05, 4.69) is 15.3 Å². The van der Waals surface area contributed by atoms with Crippen molar-refractivity contribution in [2.75, 3.05) is 12.3 Å². The van der Waals surface area contributed by atoms with Crippen LogP contribution in [0.3, 0.4) is 0 Å². The number of amides is 1. The van der Waals surface area contributed by atoms with E-state index in [1.54, 1.807) is 24.5 Å². The number of nitrogens with zero attached hydrogens (tertiary/aromatic N) is 2. The molecular weight excluding hydrogens is 236 g/mol. The molecule has 6 heteroatoms. The first-order valence-electron chi connectivity index (χ1n) is 5.14. The second-order valence-electron chi connectivity index (χ2n) is 3.42. The smallest absolute Gasteiger partial charge is 0.251 e. The van der Waals surface area contributed by atoms with Gasteiger partial charge in [-0.15, -0.1) is 11.3 Å². The summed E-state index contributed by atoms with van der Waals surface area (Å²) >= 11 is 1.41. The highest BCUT2D eigenvalue weighted by atomic mass is 32.1. The van der Waals surface area contributed by atoms with E-state index in [0.29, 0.717) is 23.7 Å². The van der Waals surface area contributed by atoms with Crippen LogP contribution >= 0.6 is 11.3 Å². The van der Waals surface area contributed by atoms with Crippen molar-refractivity contribution < 1.29 is 4.79 Å². The van der Waals surface area contributed by atoms with Crippen molar-refractivity contribution >= 4 is 22.4 Å². The number of anilines is 1. The second kappa shape index (κ2) is 5.40. The summed E-state index contributed by atoms with van der Waals surface area (Å²) in [6.45, 7) is 0.546. The lowest BCUT2D eigenvalue weighted by molar-refractivity contribution is 0.0954. The molecule has 0 spiro atoms. The first-order valence-corrected chi connectivity index (χ1v) is 6.02. The quantitative estimate of drug-likeness (QED) is 0.848. The Balaban J connectivity index is 1.81. The third-order valence-corrected chi connectivity index (χ3v) is 2.90. The van der Waals surface area contributed by atoms with Crippen molar-refractivity contribution in [1.29, 1.82) is 0 Å². The summed E-state index contributed by atoms with van der Waals surface area (Å²) in [4.78, 5) is 19.6. The number of pyridine rings is 1. The minimum Gasteiger partial charge on any atom is -0.375 e. The number of hydrogen-bond donors (Lipinski definition) is 2. The predicted molar refractivity (Wildman–Crippen MR) is 66.8 cm³/mol. The van der Waals surface area contributed by atoms with E-state index in [9.17, 15) is 4.79 Å². The number of thiazole rings is 1. The predicted octanol–water partition coefficient (Wildman–Crippen LogP) is 1.09. The highest BCUT2D eigenvalue weighted by molar-refractivity contribution is 7.13. The van der Waals surface area contributed by atoms with Crippen molar-refractivity contribution in [2.45, 2.75) is 6.42 Å². The molecule has 2 rings (SSSR count). The van der Waals surface area contributed by atoms with Gasteiger partial charge in [-0.2, -0.15) is 0 Å². The van der Waals surface area contributed by atoms with Crippen LogP contribution in [-0.4, -0.2) is 22.4 Å². The fraction of sp³-hybridized carbons (Fsp3) is 0.182. The molecule has 0 aliphatic carbocycles. The van der Waals surface area contributed by atoms with Crippen LogP contribution in [-0.2, 0) is 6.42 Å². The van der Waals surface area contributed by atoms with Crippen LogP contribution in [0.25, 0.3) is 0 Å². The van der Waals surface area contributed by atoms with Gasteiger partial charge in [-0.05, 0) is 12.1 Å². The van der Waals surface area contributed by atoms with Crippen LogP contribution in [0.5, 0.6) is 0 Å². The number of rotatable bonds is 4. The Kier molecular flexibility index (Phi) is 3.66. The average Bonchev–Trinajstić information content (AvgIpc) is 2.76. The molecule has 2 aromatic rings. The summed E-state index contributed by atoms with van der Waals surface area (Å²) in [5.41, 5.74) is 7.03. The van der Waals surface area contributed by atoms with Gasteiger partial charge in [0.1, 0.15) is 0 Å². The van der Waals surface area contributed by atoms with Crippen molar-refractivity contribution in [1.82, 2.24) is 15.3 Å². The molecule has 0 atom stereocenters. The molecule has 88 valence electrons. The molecule has 0 saturated heterocycles. The average molecular weight is 248 g/mol. The Labute approximate surface area is 103 Å². The summed E-state index contributed by atoms with van der Waals surface area (Å²) in [7, 11) is 0. The minimum atomic E-state index is -0.101. The van der Waals surface area contributed by atoms with Gasteiger partial charge in [0.05, 0.1) is 5.69 Å². The number of carbonyl (C=O) groups excluding carboxylic acids is 1. The van der Waals surface area contributed by atoms with Gasteiger partial charge < -0.3 is 11.1 Å². The van der Waals surface area contributed by atoms with Gasteiger partial charge in [0.25, 0.3) is 5.91 Å². The van der Waals surface area contributed by atoms with Crippen molar-refractivity contribution in [3.8, 4) is 0 Å². The molecule has 0 radical (unpaired) electrons. The van der Waals surface area contributed by atoms with Gasteiger partial charge in [-0.3, -0.25) is 9.78 Å².